The van der Waals surface area contributed by atoms with Gasteiger partial charge in [0.15, 0.2) is 11.6 Å². The summed E-state index contributed by atoms with van der Waals surface area (Å²) in [5, 5.41) is 2.52. The van der Waals surface area contributed by atoms with Crippen molar-refractivity contribution in [3.63, 3.8) is 0 Å². The van der Waals surface area contributed by atoms with Gasteiger partial charge in [-0.2, -0.15) is 0 Å². The first-order valence-corrected chi connectivity index (χ1v) is 6.40. The van der Waals surface area contributed by atoms with Crippen LogP contribution < -0.4 is 15.8 Å². The van der Waals surface area contributed by atoms with Crippen molar-refractivity contribution in [1.29, 1.82) is 0 Å². The van der Waals surface area contributed by atoms with Crippen LogP contribution in [0.5, 0.6) is 5.75 Å². The molecule has 19 heavy (non-hydrogen) atoms. The van der Waals surface area contributed by atoms with E-state index in [1.807, 2.05) is 6.92 Å². The minimum atomic E-state index is -0.391. The van der Waals surface area contributed by atoms with Gasteiger partial charge in [0, 0.05) is 19.5 Å². The number of nitrogens with two attached hydrogens (primary N) is 1. The molecule has 1 aromatic carbocycles. The average Bonchev–Trinajstić information content (AvgIpc) is 2.35. The first-order chi connectivity index (χ1) is 9.02. The summed E-state index contributed by atoms with van der Waals surface area (Å²) in [4.78, 5) is 11.0. The molecule has 0 bridgehead atoms. The van der Waals surface area contributed by atoms with Crippen LogP contribution in [-0.2, 0) is 11.2 Å². The molecule has 3 N–H and O–H groups in total. The van der Waals surface area contributed by atoms with Crippen molar-refractivity contribution in [3.8, 4) is 5.75 Å². The lowest BCUT2D eigenvalue weighted by molar-refractivity contribution is -0.120. The largest absolute Gasteiger partial charge is 0.491 e. The Kier molecular flexibility index (Phi) is 6.29. The molecule has 0 radical (unpaired) electrons. The highest BCUT2D eigenvalue weighted by Crippen LogP contribution is 2.19. The monoisotopic (exact) mass is 268 g/mol. The van der Waals surface area contributed by atoms with Crippen molar-refractivity contribution in [2.75, 3.05) is 13.7 Å². The lowest BCUT2D eigenvalue weighted by atomic mass is 10.1. The maximum atomic E-state index is 13.7. The molecule has 0 fully saturated rings. The summed E-state index contributed by atoms with van der Waals surface area (Å²) in [6.07, 6.45) is 1.56. The average molecular weight is 268 g/mol. The number of amides is 1. The first-order valence-electron chi connectivity index (χ1n) is 6.40. The van der Waals surface area contributed by atoms with E-state index < -0.39 is 5.82 Å². The number of hydrogen-bond donors (Lipinski definition) is 2. The van der Waals surface area contributed by atoms with Crippen molar-refractivity contribution >= 4 is 5.91 Å². The molecule has 1 amide bonds. The third kappa shape index (κ3) is 5.70. The fourth-order valence-corrected chi connectivity index (χ4v) is 1.70. The normalized spacial score (nSPS) is 12.0. The molecular formula is C14H21FN2O2. The molecule has 4 nitrogen and oxygen atoms in total. The zero-order valence-corrected chi connectivity index (χ0v) is 11.4. The number of rotatable bonds is 7. The second-order valence-electron chi connectivity index (χ2n) is 4.57. The van der Waals surface area contributed by atoms with Gasteiger partial charge in [0.2, 0.25) is 5.91 Å². The molecular weight excluding hydrogens is 247 g/mol. The van der Waals surface area contributed by atoms with Crippen LogP contribution in [0.1, 0.15) is 25.3 Å². The van der Waals surface area contributed by atoms with Crippen LogP contribution in [0.15, 0.2) is 18.2 Å². The lowest BCUT2D eigenvalue weighted by Crippen LogP contribution is -2.18. The second-order valence-corrected chi connectivity index (χ2v) is 4.57. The third-order valence-electron chi connectivity index (χ3n) is 2.64. The van der Waals surface area contributed by atoms with Crippen LogP contribution in [0.2, 0.25) is 0 Å². The summed E-state index contributed by atoms with van der Waals surface area (Å²) in [5.41, 5.74) is 6.51. The van der Waals surface area contributed by atoms with Crippen molar-refractivity contribution in [1.82, 2.24) is 5.32 Å². The van der Waals surface area contributed by atoms with Gasteiger partial charge in [-0.05, 0) is 37.5 Å². The van der Waals surface area contributed by atoms with Gasteiger partial charge >= 0.3 is 0 Å². The van der Waals surface area contributed by atoms with E-state index in [1.54, 1.807) is 19.2 Å². The molecule has 0 aliphatic rings. The zero-order valence-electron chi connectivity index (χ0n) is 11.4. The van der Waals surface area contributed by atoms with Gasteiger partial charge in [-0.3, -0.25) is 4.79 Å². The van der Waals surface area contributed by atoms with Crippen LogP contribution in [0, 0.1) is 5.82 Å². The van der Waals surface area contributed by atoms with Gasteiger partial charge < -0.3 is 15.8 Å². The fourth-order valence-electron chi connectivity index (χ4n) is 1.70. The molecule has 1 unspecified atom stereocenters. The summed E-state index contributed by atoms with van der Waals surface area (Å²) in [7, 11) is 1.58. The van der Waals surface area contributed by atoms with E-state index in [2.05, 4.69) is 5.32 Å². The molecule has 5 heteroatoms. The fraction of sp³-hybridized carbons (Fsp3) is 0.500. The Morgan fingerprint density at radius 3 is 2.84 bits per heavy atom. The summed E-state index contributed by atoms with van der Waals surface area (Å²) < 4.78 is 19.0. The molecule has 0 aliphatic carbocycles. The minimum Gasteiger partial charge on any atom is -0.491 e. The van der Waals surface area contributed by atoms with Crippen LogP contribution in [0.3, 0.4) is 0 Å². The molecule has 1 aromatic rings. The maximum Gasteiger partial charge on any atom is 0.219 e. The Balaban J connectivity index is 2.44. The van der Waals surface area contributed by atoms with E-state index in [-0.39, 0.29) is 17.7 Å². The number of carbonyl (C=O) groups is 1. The van der Waals surface area contributed by atoms with Gasteiger partial charge in [0.05, 0.1) is 6.61 Å². The molecule has 0 saturated carbocycles. The standard InChI is InChI=1S/C14H21FN2O2/c1-10(16)8-11-5-6-13(12(15)9-11)19-7-3-4-14(18)17-2/h5-6,9-10H,3-4,7-8,16H2,1-2H3,(H,17,18). The van der Waals surface area contributed by atoms with Crippen LogP contribution >= 0.6 is 0 Å². The van der Waals surface area contributed by atoms with Crippen molar-refractivity contribution in [2.45, 2.75) is 32.2 Å². The highest BCUT2D eigenvalue weighted by atomic mass is 19.1. The molecule has 0 spiro atoms. The molecule has 1 atom stereocenters. The topological polar surface area (TPSA) is 64.3 Å². The minimum absolute atomic E-state index is 0.00118. The number of hydrogen-bond acceptors (Lipinski definition) is 3. The molecule has 0 aliphatic heterocycles. The van der Waals surface area contributed by atoms with Crippen molar-refractivity contribution in [2.24, 2.45) is 5.73 Å². The number of ether oxygens (including phenoxy) is 1. The predicted molar refractivity (Wildman–Crippen MR) is 72.5 cm³/mol. The van der Waals surface area contributed by atoms with Crippen LogP contribution in [0.4, 0.5) is 4.39 Å². The summed E-state index contributed by atoms with van der Waals surface area (Å²) in [6, 6.07) is 4.85. The number of carbonyl (C=O) groups excluding carboxylic acids is 1. The predicted octanol–water partition coefficient (Wildman–Crippen LogP) is 1.62. The van der Waals surface area contributed by atoms with Gasteiger partial charge in [-0.1, -0.05) is 6.07 Å². The molecule has 106 valence electrons. The second kappa shape index (κ2) is 7.74. The summed E-state index contributed by atoms with van der Waals surface area (Å²) in [6.45, 7) is 2.19. The van der Waals surface area contributed by atoms with Crippen LogP contribution in [-0.4, -0.2) is 25.6 Å². The first kappa shape index (κ1) is 15.4. The quantitative estimate of drug-likeness (QED) is 0.739. The zero-order chi connectivity index (χ0) is 14.3. The van der Waals surface area contributed by atoms with Gasteiger partial charge in [0.1, 0.15) is 0 Å². The number of halogens is 1. The third-order valence-corrected chi connectivity index (χ3v) is 2.64. The Morgan fingerprint density at radius 2 is 2.26 bits per heavy atom. The molecule has 0 saturated heterocycles. The number of benzene rings is 1. The van der Waals surface area contributed by atoms with E-state index in [0.717, 1.165) is 5.56 Å². The highest BCUT2D eigenvalue weighted by Gasteiger charge is 2.06. The Labute approximate surface area is 113 Å². The van der Waals surface area contributed by atoms with E-state index >= 15 is 0 Å². The van der Waals surface area contributed by atoms with Gasteiger partial charge in [-0.15, -0.1) is 0 Å². The Morgan fingerprint density at radius 1 is 1.53 bits per heavy atom. The van der Waals surface area contributed by atoms with Crippen LogP contribution in [0.25, 0.3) is 0 Å². The Bertz CT molecular complexity index is 422. The van der Waals surface area contributed by atoms with Gasteiger partial charge in [-0.25, -0.2) is 4.39 Å². The SMILES string of the molecule is CNC(=O)CCCOc1ccc(CC(C)N)cc1F. The van der Waals surface area contributed by atoms with E-state index in [1.165, 1.54) is 6.07 Å². The van der Waals surface area contributed by atoms with Gasteiger partial charge in [0.25, 0.3) is 0 Å². The van der Waals surface area contributed by atoms with E-state index in [4.69, 9.17) is 10.5 Å². The summed E-state index contributed by atoms with van der Waals surface area (Å²) >= 11 is 0. The van der Waals surface area contributed by atoms with E-state index in [0.29, 0.717) is 25.9 Å². The summed E-state index contributed by atoms with van der Waals surface area (Å²) in [5.74, 6) is -0.222. The van der Waals surface area contributed by atoms with Crippen molar-refractivity contribution in [3.05, 3.63) is 29.6 Å². The molecule has 0 heterocycles. The van der Waals surface area contributed by atoms with Crippen molar-refractivity contribution < 1.29 is 13.9 Å². The smallest absolute Gasteiger partial charge is 0.219 e. The Hall–Kier alpha value is -1.62. The highest BCUT2D eigenvalue weighted by molar-refractivity contribution is 5.75. The van der Waals surface area contributed by atoms with E-state index in [9.17, 15) is 9.18 Å². The molecule has 1 rings (SSSR count). The lowest BCUT2D eigenvalue weighted by Gasteiger charge is -2.09. The number of nitrogens with one attached hydrogen (secondary N) is 1. The molecule has 0 aromatic heterocycles. The maximum absolute atomic E-state index is 13.7.